The van der Waals surface area contributed by atoms with Gasteiger partial charge in [0.25, 0.3) is 0 Å². The van der Waals surface area contributed by atoms with E-state index in [-0.39, 0.29) is 12.5 Å². The number of piperidine rings is 1. The molecule has 116 valence electrons. The molecule has 2 N–H and O–H groups in total. The van der Waals surface area contributed by atoms with E-state index in [0.717, 1.165) is 48.1 Å². The second kappa shape index (κ2) is 7.92. The minimum absolute atomic E-state index is 0.0290. The first-order valence-electron chi connectivity index (χ1n) is 7.47. The Morgan fingerprint density at radius 2 is 2.33 bits per heavy atom. The number of halogens is 1. The lowest BCUT2D eigenvalue weighted by molar-refractivity contribution is -0.117. The number of carbonyl (C=O) groups is 1. The van der Waals surface area contributed by atoms with E-state index in [4.69, 9.17) is 5.11 Å². The number of aryl methyl sites for hydroxylation is 1. The molecule has 1 fully saturated rings. The molecule has 1 aliphatic heterocycles. The zero-order chi connectivity index (χ0) is 15.2. The molecule has 0 aromatic heterocycles. The smallest absolute Gasteiger partial charge is 0.238 e. The Balaban J connectivity index is 1.84. The van der Waals surface area contributed by atoms with E-state index in [9.17, 15) is 4.79 Å². The van der Waals surface area contributed by atoms with Crippen molar-refractivity contribution < 1.29 is 9.90 Å². The molecule has 21 heavy (non-hydrogen) atoms. The van der Waals surface area contributed by atoms with Crippen LogP contribution in [0.15, 0.2) is 22.7 Å². The highest BCUT2D eigenvalue weighted by molar-refractivity contribution is 9.10. The van der Waals surface area contributed by atoms with Gasteiger partial charge in [-0.25, -0.2) is 0 Å². The fourth-order valence-corrected chi connectivity index (χ4v) is 3.09. The molecule has 4 nitrogen and oxygen atoms in total. The maximum Gasteiger partial charge on any atom is 0.238 e. The Labute approximate surface area is 134 Å². The van der Waals surface area contributed by atoms with Gasteiger partial charge in [0.2, 0.25) is 5.91 Å². The van der Waals surface area contributed by atoms with Crippen LogP contribution >= 0.6 is 15.9 Å². The largest absolute Gasteiger partial charge is 0.396 e. The summed E-state index contributed by atoms with van der Waals surface area (Å²) in [5.41, 5.74) is 1.94. The van der Waals surface area contributed by atoms with E-state index in [1.807, 2.05) is 25.1 Å². The van der Waals surface area contributed by atoms with Gasteiger partial charge >= 0.3 is 0 Å². The lowest BCUT2D eigenvalue weighted by atomic mass is 9.95. The number of amides is 1. The Kier molecular flexibility index (Phi) is 6.21. The van der Waals surface area contributed by atoms with Crippen LogP contribution in [0.2, 0.25) is 0 Å². The number of hydrogen-bond acceptors (Lipinski definition) is 3. The highest BCUT2D eigenvalue weighted by Crippen LogP contribution is 2.21. The van der Waals surface area contributed by atoms with Gasteiger partial charge in [-0.15, -0.1) is 0 Å². The molecule has 1 atom stereocenters. The zero-order valence-electron chi connectivity index (χ0n) is 12.4. The third-order valence-corrected chi connectivity index (χ3v) is 4.84. The van der Waals surface area contributed by atoms with Crippen LogP contribution in [0.5, 0.6) is 0 Å². The maximum atomic E-state index is 12.1. The Morgan fingerprint density at radius 1 is 1.52 bits per heavy atom. The average Bonchev–Trinajstić information content (AvgIpc) is 2.43. The summed E-state index contributed by atoms with van der Waals surface area (Å²) in [6, 6.07) is 5.82. The summed E-state index contributed by atoms with van der Waals surface area (Å²) in [5.74, 6) is 0.549. The minimum atomic E-state index is 0.0290. The van der Waals surface area contributed by atoms with Crippen LogP contribution in [-0.4, -0.2) is 42.2 Å². The molecule has 0 spiro atoms. The quantitative estimate of drug-likeness (QED) is 0.854. The first-order chi connectivity index (χ1) is 10.1. The van der Waals surface area contributed by atoms with E-state index < -0.39 is 0 Å². The van der Waals surface area contributed by atoms with Gasteiger partial charge < -0.3 is 10.4 Å². The van der Waals surface area contributed by atoms with Gasteiger partial charge in [0.15, 0.2) is 0 Å². The monoisotopic (exact) mass is 354 g/mol. The van der Waals surface area contributed by atoms with Crippen molar-refractivity contribution in [3.63, 3.8) is 0 Å². The molecule has 0 bridgehead atoms. The van der Waals surface area contributed by atoms with Crippen LogP contribution in [0.25, 0.3) is 0 Å². The fraction of sp³-hybridized carbons (Fsp3) is 0.562. The van der Waals surface area contributed by atoms with E-state index in [0.29, 0.717) is 12.5 Å². The maximum absolute atomic E-state index is 12.1. The van der Waals surface area contributed by atoms with Crippen LogP contribution in [0.1, 0.15) is 24.8 Å². The Morgan fingerprint density at radius 3 is 3.05 bits per heavy atom. The molecule has 0 saturated carbocycles. The van der Waals surface area contributed by atoms with Crippen molar-refractivity contribution in [2.24, 2.45) is 5.92 Å². The Bertz CT molecular complexity index is 491. The molecule has 0 aliphatic carbocycles. The molecule has 2 rings (SSSR count). The average molecular weight is 355 g/mol. The number of carbonyl (C=O) groups excluding carboxylic acids is 1. The van der Waals surface area contributed by atoms with Gasteiger partial charge in [0.05, 0.1) is 6.54 Å². The van der Waals surface area contributed by atoms with Crippen LogP contribution < -0.4 is 5.32 Å². The first-order valence-corrected chi connectivity index (χ1v) is 8.27. The van der Waals surface area contributed by atoms with Crippen molar-refractivity contribution in [3.05, 3.63) is 28.2 Å². The van der Waals surface area contributed by atoms with Crippen LogP contribution in [0, 0.1) is 12.8 Å². The number of likely N-dealkylation sites (tertiary alicyclic amines) is 1. The topological polar surface area (TPSA) is 52.6 Å². The number of aliphatic hydroxyl groups excluding tert-OH is 1. The van der Waals surface area contributed by atoms with E-state index in [1.165, 1.54) is 0 Å². The van der Waals surface area contributed by atoms with Gasteiger partial charge in [-0.2, -0.15) is 0 Å². The summed E-state index contributed by atoms with van der Waals surface area (Å²) < 4.78 is 1.04. The van der Waals surface area contributed by atoms with Crippen LogP contribution in [0.3, 0.4) is 0 Å². The van der Waals surface area contributed by atoms with Crippen molar-refractivity contribution in [1.82, 2.24) is 4.90 Å². The molecule has 1 unspecified atom stereocenters. The third kappa shape index (κ3) is 5.09. The summed E-state index contributed by atoms with van der Waals surface area (Å²) in [5, 5.41) is 12.0. The number of hydrogen-bond donors (Lipinski definition) is 2. The number of aliphatic hydroxyl groups is 1. The van der Waals surface area contributed by atoms with Gasteiger partial charge in [-0.05, 0) is 62.4 Å². The van der Waals surface area contributed by atoms with Crippen molar-refractivity contribution in [3.8, 4) is 0 Å². The zero-order valence-corrected chi connectivity index (χ0v) is 14.0. The second-order valence-electron chi connectivity index (χ2n) is 5.77. The minimum Gasteiger partial charge on any atom is -0.396 e. The summed E-state index contributed by atoms with van der Waals surface area (Å²) in [6.07, 6.45) is 3.10. The van der Waals surface area contributed by atoms with Crippen LogP contribution in [-0.2, 0) is 4.79 Å². The van der Waals surface area contributed by atoms with E-state index >= 15 is 0 Å². The SMILES string of the molecule is Cc1cc(NC(=O)CN2CCCC(CCO)C2)ccc1Br. The first kappa shape index (κ1) is 16.5. The molecule has 1 heterocycles. The lowest BCUT2D eigenvalue weighted by Crippen LogP contribution is -2.40. The lowest BCUT2D eigenvalue weighted by Gasteiger charge is -2.31. The van der Waals surface area contributed by atoms with Gasteiger partial charge in [-0.1, -0.05) is 15.9 Å². The van der Waals surface area contributed by atoms with Gasteiger partial charge in [0.1, 0.15) is 0 Å². The van der Waals surface area contributed by atoms with E-state index in [1.54, 1.807) is 0 Å². The number of rotatable bonds is 5. The summed E-state index contributed by atoms with van der Waals surface area (Å²) in [7, 11) is 0. The highest BCUT2D eigenvalue weighted by Gasteiger charge is 2.21. The molecule has 1 saturated heterocycles. The summed E-state index contributed by atoms with van der Waals surface area (Å²) in [4.78, 5) is 14.3. The normalized spacial score (nSPS) is 19.5. The van der Waals surface area contributed by atoms with Crippen molar-refractivity contribution in [2.75, 3.05) is 31.6 Å². The predicted molar refractivity (Wildman–Crippen MR) is 88.4 cm³/mol. The molecule has 1 aliphatic rings. The highest BCUT2D eigenvalue weighted by atomic mass is 79.9. The molecule has 5 heteroatoms. The number of nitrogens with zero attached hydrogens (tertiary/aromatic N) is 1. The summed E-state index contributed by atoms with van der Waals surface area (Å²) >= 11 is 3.46. The molecule has 0 radical (unpaired) electrons. The van der Waals surface area contributed by atoms with Crippen molar-refractivity contribution in [1.29, 1.82) is 0 Å². The molecular formula is C16H23BrN2O2. The number of benzene rings is 1. The van der Waals surface area contributed by atoms with Gasteiger partial charge in [0, 0.05) is 23.3 Å². The summed E-state index contributed by atoms with van der Waals surface area (Å²) in [6.45, 7) is 4.55. The number of nitrogens with one attached hydrogen (secondary N) is 1. The fourth-order valence-electron chi connectivity index (χ4n) is 2.84. The molecule has 1 aromatic carbocycles. The molecular weight excluding hydrogens is 332 g/mol. The van der Waals surface area contributed by atoms with Gasteiger partial charge in [-0.3, -0.25) is 9.69 Å². The van der Waals surface area contributed by atoms with E-state index in [2.05, 4.69) is 26.1 Å². The van der Waals surface area contributed by atoms with Crippen LogP contribution in [0.4, 0.5) is 5.69 Å². The Hall–Kier alpha value is -0.910. The molecule has 1 aromatic rings. The second-order valence-corrected chi connectivity index (χ2v) is 6.62. The van der Waals surface area contributed by atoms with Crippen molar-refractivity contribution in [2.45, 2.75) is 26.2 Å². The standard InChI is InChI=1S/C16H23BrN2O2/c1-12-9-14(4-5-15(12)17)18-16(21)11-19-7-2-3-13(10-19)6-8-20/h4-5,9,13,20H,2-3,6-8,10-11H2,1H3,(H,18,21). The number of anilines is 1. The predicted octanol–water partition coefficient (Wildman–Crippen LogP) is 2.79. The van der Waals surface area contributed by atoms with Crippen molar-refractivity contribution >= 4 is 27.5 Å². The third-order valence-electron chi connectivity index (χ3n) is 3.95. The molecule has 1 amide bonds.